The number of methoxy groups -OCH3 is 1. The molecule has 5 nitrogen and oxygen atoms in total. The minimum Gasteiger partial charge on any atom is -0.496 e. The zero-order chi connectivity index (χ0) is 13.8. The molecule has 0 spiro atoms. The van der Waals surface area contributed by atoms with Crippen LogP contribution in [0.2, 0.25) is 0 Å². The van der Waals surface area contributed by atoms with Crippen LogP contribution in [0.3, 0.4) is 0 Å². The summed E-state index contributed by atoms with van der Waals surface area (Å²) in [6.07, 6.45) is 0.633. The molecule has 1 heterocycles. The van der Waals surface area contributed by atoms with Gasteiger partial charge in [-0.25, -0.2) is 0 Å². The van der Waals surface area contributed by atoms with Crippen molar-refractivity contribution in [1.29, 1.82) is 0 Å². The maximum atomic E-state index is 11.1. The quantitative estimate of drug-likeness (QED) is 0.857. The monoisotopic (exact) mass is 259 g/mol. The molecule has 0 saturated carbocycles. The molecular weight excluding hydrogens is 246 g/mol. The largest absolute Gasteiger partial charge is 0.496 e. The summed E-state index contributed by atoms with van der Waals surface area (Å²) in [5, 5.41) is 2.68. The van der Waals surface area contributed by atoms with E-state index >= 15 is 0 Å². The molecule has 2 aromatic rings. The standard InChI is InChI=1S/C14H13NO4/c1-9(17)15-10-3-5-13(18-2)12(7-10)14-6-4-11(8-16)19-14/h3-8H,1-2H3,(H,15,17). The van der Waals surface area contributed by atoms with E-state index in [4.69, 9.17) is 9.15 Å². The Labute approximate surface area is 110 Å². The third-order valence-corrected chi connectivity index (χ3v) is 2.53. The van der Waals surface area contributed by atoms with Crippen LogP contribution in [0.15, 0.2) is 34.7 Å². The Bertz CT molecular complexity index is 616. The summed E-state index contributed by atoms with van der Waals surface area (Å²) in [6.45, 7) is 1.43. The van der Waals surface area contributed by atoms with Crippen molar-refractivity contribution in [2.75, 3.05) is 12.4 Å². The molecule has 0 aliphatic carbocycles. The number of furan rings is 1. The fourth-order valence-electron chi connectivity index (χ4n) is 1.74. The highest BCUT2D eigenvalue weighted by Crippen LogP contribution is 2.33. The fraction of sp³-hybridized carbons (Fsp3) is 0.143. The summed E-state index contributed by atoms with van der Waals surface area (Å²) >= 11 is 0. The van der Waals surface area contributed by atoms with Gasteiger partial charge in [0.15, 0.2) is 12.0 Å². The van der Waals surface area contributed by atoms with Gasteiger partial charge in [0, 0.05) is 12.6 Å². The zero-order valence-corrected chi connectivity index (χ0v) is 10.6. The third-order valence-electron chi connectivity index (χ3n) is 2.53. The van der Waals surface area contributed by atoms with Gasteiger partial charge in [-0.1, -0.05) is 0 Å². The molecule has 0 radical (unpaired) electrons. The highest BCUT2D eigenvalue weighted by Gasteiger charge is 2.11. The molecule has 1 aromatic carbocycles. The molecule has 0 aliphatic rings. The Morgan fingerprint density at radius 1 is 1.32 bits per heavy atom. The average Bonchev–Trinajstić information content (AvgIpc) is 2.86. The van der Waals surface area contributed by atoms with E-state index in [0.29, 0.717) is 29.0 Å². The zero-order valence-electron chi connectivity index (χ0n) is 10.6. The molecule has 0 fully saturated rings. The molecule has 2 rings (SSSR count). The second kappa shape index (κ2) is 5.39. The molecule has 19 heavy (non-hydrogen) atoms. The predicted molar refractivity (Wildman–Crippen MR) is 70.4 cm³/mol. The Morgan fingerprint density at radius 2 is 2.11 bits per heavy atom. The Hall–Kier alpha value is -2.56. The van der Waals surface area contributed by atoms with Gasteiger partial charge in [-0.05, 0) is 30.3 Å². The van der Waals surface area contributed by atoms with Gasteiger partial charge in [0.25, 0.3) is 0 Å². The third kappa shape index (κ3) is 2.82. The number of aldehydes is 1. The van der Waals surface area contributed by atoms with Crippen molar-refractivity contribution in [2.24, 2.45) is 0 Å². The highest BCUT2D eigenvalue weighted by molar-refractivity contribution is 5.90. The SMILES string of the molecule is COc1ccc(NC(C)=O)cc1-c1ccc(C=O)o1. The lowest BCUT2D eigenvalue weighted by Gasteiger charge is -2.09. The number of carbonyl (C=O) groups excluding carboxylic acids is 2. The molecule has 5 heteroatoms. The van der Waals surface area contributed by atoms with Gasteiger partial charge in [-0.2, -0.15) is 0 Å². The van der Waals surface area contributed by atoms with Crippen LogP contribution in [-0.2, 0) is 4.79 Å². The van der Waals surface area contributed by atoms with Gasteiger partial charge in [0.1, 0.15) is 11.5 Å². The molecule has 1 aromatic heterocycles. The topological polar surface area (TPSA) is 68.5 Å². The van der Waals surface area contributed by atoms with Crippen LogP contribution in [0, 0.1) is 0 Å². The Balaban J connectivity index is 2.46. The minimum atomic E-state index is -0.163. The normalized spacial score (nSPS) is 10.0. The maximum Gasteiger partial charge on any atom is 0.221 e. The van der Waals surface area contributed by atoms with E-state index in [1.807, 2.05) is 0 Å². The van der Waals surface area contributed by atoms with E-state index in [0.717, 1.165) is 0 Å². The predicted octanol–water partition coefficient (Wildman–Crippen LogP) is 2.73. The van der Waals surface area contributed by atoms with Crippen molar-refractivity contribution in [2.45, 2.75) is 6.92 Å². The lowest BCUT2D eigenvalue weighted by atomic mass is 10.1. The van der Waals surface area contributed by atoms with Gasteiger partial charge in [0.2, 0.25) is 5.91 Å². The first-order chi connectivity index (χ1) is 9.13. The number of benzene rings is 1. The lowest BCUT2D eigenvalue weighted by molar-refractivity contribution is -0.114. The van der Waals surface area contributed by atoms with E-state index < -0.39 is 0 Å². The van der Waals surface area contributed by atoms with Gasteiger partial charge < -0.3 is 14.5 Å². The van der Waals surface area contributed by atoms with Crippen LogP contribution >= 0.6 is 0 Å². The van der Waals surface area contributed by atoms with E-state index in [2.05, 4.69) is 5.32 Å². The van der Waals surface area contributed by atoms with Crippen LogP contribution in [0.25, 0.3) is 11.3 Å². The van der Waals surface area contributed by atoms with Crippen LogP contribution in [0.5, 0.6) is 5.75 Å². The summed E-state index contributed by atoms with van der Waals surface area (Å²) in [6, 6.07) is 8.44. The average molecular weight is 259 g/mol. The van der Waals surface area contributed by atoms with Crippen molar-refractivity contribution in [3.05, 3.63) is 36.1 Å². The Kier molecular flexibility index (Phi) is 3.66. The van der Waals surface area contributed by atoms with E-state index in [1.165, 1.54) is 6.92 Å². The molecule has 0 saturated heterocycles. The van der Waals surface area contributed by atoms with Crippen LogP contribution in [0.4, 0.5) is 5.69 Å². The van der Waals surface area contributed by atoms with Crippen molar-refractivity contribution < 1.29 is 18.7 Å². The number of ether oxygens (including phenoxy) is 1. The molecule has 0 atom stereocenters. The first-order valence-electron chi connectivity index (χ1n) is 5.65. The summed E-state index contributed by atoms with van der Waals surface area (Å²) in [5.41, 5.74) is 1.30. The minimum absolute atomic E-state index is 0.163. The molecule has 0 unspecified atom stereocenters. The van der Waals surface area contributed by atoms with E-state index in [9.17, 15) is 9.59 Å². The molecule has 0 aliphatic heterocycles. The van der Waals surface area contributed by atoms with Gasteiger partial charge >= 0.3 is 0 Å². The summed E-state index contributed by atoms with van der Waals surface area (Å²) < 4.78 is 10.6. The second-order valence-corrected chi connectivity index (χ2v) is 3.92. The Morgan fingerprint density at radius 3 is 2.68 bits per heavy atom. The van der Waals surface area contributed by atoms with Crippen molar-refractivity contribution >= 4 is 17.9 Å². The van der Waals surface area contributed by atoms with Gasteiger partial charge in [-0.3, -0.25) is 9.59 Å². The lowest BCUT2D eigenvalue weighted by Crippen LogP contribution is -2.05. The number of hydrogen-bond donors (Lipinski definition) is 1. The van der Waals surface area contributed by atoms with Crippen molar-refractivity contribution in [1.82, 2.24) is 0 Å². The first-order valence-corrected chi connectivity index (χ1v) is 5.65. The molecular formula is C14H13NO4. The molecule has 0 bridgehead atoms. The molecule has 1 amide bonds. The summed E-state index contributed by atoms with van der Waals surface area (Å²) in [5.74, 6) is 1.18. The highest BCUT2D eigenvalue weighted by atomic mass is 16.5. The maximum absolute atomic E-state index is 11.1. The first kappa shape index (κ1) is 12.9. The fourth-order valence-corrected chi connectivity index (χ4v) is 1.74. The van der Waals surface area contributed by atoms with Crippen LogP contribution < -0.4 is 10.1 Å². The number of nitrogens with one attached hydrogen (secondary N) is 1. The van der Waals surface area contributed by atoms with Crippen molar-refractivity contribution in [3.8, 4) is 17.1 Å². The number of amides is 1. The van der Waals surface area contributed by atoms with Crippen LogP contribution in [-0.4, -0.2) is 19.3 Å². The number of anilines is 1. The van der Waals surface area contributed by atoms with Crippen LogP contribution in [0.1, 0.15) is 17.5 Å². The number of hydrogen-bond acceptors (Lipinski definition) is 4. The van der Waals surface area contributed by atoms with Crippen molar-refractivity contribution in [3.63, 3.8) is 0 Å². The van der Waals surface area contributed by atoms with E-state index in [-0.39, 0.29) is 11.7 Å². The summed E-state index contributed by atoms with van der Waals surface area (Å²) in [7, 11) is 1.54. The smallest absolute Gasteiger partial charge is 0.221 e. The second-order valence-electron chi connectivity index (χ2n) is 3.92. The van der Waals surface area contributed by atoms with E-state index in [1.54, 1.807) is 37.4 Å². The molecule has 98 valence electrons. The number of rotatable bonds is 4. The van der Waals surface area contributed by atoms with Gasteiger partial charge in [0.05, 0.1) is 12.7 Å². The van der Waals surface area contributed by atoms with Gasteiger partial charge in [-0.15, -0.1) is 0 Å². The number of carbonyl (C=O) groups is 2. The summed E-state index contributed by atoms with van der Waals surface area (Å²) in [4.78, 5) is 21.7. The molecule has 1 N–H and O–H groups in total.